The number of hydrogen-bond acceptors (Lipinski definition) is 4. The van der Waals surface area contributed by atoms with Gasteiger partial charge >= 0.3 is 12.1 Å². The number of carbonyl (C=O) groups is 3. The molecule has 0 fully saturated rings. The maximum absolute atomic E-state index is 13.0. The Morgan fingerprint density at radius 3 is 2.06 bits per heavy atom. The van der Waals surface area contributed by atoms with Gasteiger partial charge in [-0.1, -0.05) is 61.9 Å². The molecular weight excluding hydrogens is 434 g/mol. The Morgan fingerprint density at radius 1 is 0.970 bits per heavy atom. The summed E-state index contributed by atoms with van der Waals surface area (Å²) in [4.78, 5) is 36.1. The van der Waals surface area contributed by atoms with Crippen LogP contribution in [0.3, 0.4) is 0 Å². The predicted octanol–water partition coefficient (Wildman–Crippen LogP) is 3.92. The van der Waals surface area contributed by atoms with E-state index in [0.717, 1.165) is 22.3 Å². The molecule has 33 heavy (non-hydrogen) atoms. The second-order valence-corrected chi connectivity index (χ2v) is 7.84. The Labute approximate surface area is 190 Å². The van der Waals surface area contributed by atoms with Gasteiger partial charge in [0.25, 0.3) is 0 Å². The number of alkyl halides is 2. The SMILES string of the molecule is CCCC(NC(=O)C(CC(F)F)NC(=O)OCC1c2ccccc2-c2ccccc21)C(=O)O. The lowest BCUT2D eigenvalue weighted by molar-refractivity contribution is -0.142. The van der Waals surface area contributed by atoms with Gasteiger partial charge in [0.2, 0.25) is 12.3 Å². The molecule has 3 rings (SSSR count). The van der Waals surface area contributed by atoms with Crippen molar-refractivity contribution in [2.24, 2.45) is 0 Å². The quantitative estimate of drug-likeness (QED) is 0.499. The minimum atomic E-state index is -2.89. The number of nitrogens with one attached hydrogen (secondary N) is 2. The molecule has 2 aromatic carbocycles. The smallest absolute Gasteiger partial charge is 0.407 e. The highest BCUT2D eigenvalue weighted by Crippen LogP contribution is 2.44. The Hall–Kier alpha value is -3.49. The van der Waals surface area contributed by atoms with E-state index in [9.17, 15) is 28.3 Å². The van der Waals surface area contributed by atoms with Gasteiger partial charge in [-0.05, 0) is 28.7 Å². The Bertz CT molecular complexity index is 968. The van der Waals surface area contributed by atoms with Crippen molar-refractivity contribution in [2.75, 3.05) is 6.61 Å². The molecule has 0 aromatic heterocycles. The summed E-state index contributed by atoms with van der Waals surface area (Å²) >= 11 is 0. The highest BCUT2D eigenvalue weighted by atomic mass is 19.3. The average molecular weight is 460 g/mol. The first kappa shape index (κ1) is 24.2. The topological polar surface area (TPSA) is 105 Å². The first-order chi connectivity index (χ1) is 15.8. The minimum Gasteiger partial charge on any atom is -0.480 e. The third-order valence-electron chi connectivity index (χ3n) is 5.56. The monoisotopic (exact) mass is 460 g/mol. The van der Waals surface area contributed by atoms with Crippen LogP contribution >= 0.6 is 0 Å². The van der Waals surface area contributed by atoms with Crippen LogP contribution in [0.25, 0.3) is 11.1 Å². The molecule has 2 atom stereocenters. The van der Waals surface area contributed by atoms with E-state index in [4.69, 9.17) is 4.74 Å². The van der Waals surface area contributed by atoms with Crippen LogP contribution in [-0.2, 0) is 14.3 Å². The standard InChI is InChI=1S/C24H26F2N2O5/c1-2-7-19(23(30)31)27-22(29)20(12-21(25)26)28-24(32)33-13-18-16-10-5-3-8-14(16)15-9-4-6-11-17(15)18/h3-6,8-11,18-21H,2,7,12-13H2,1H3,(H,27,29)(H,28,32)(H,30,31). The van der Waals surface area contributed by atoms with E-state index in [-0.39, 0.29) is 18.9 Å². The van der Waals surface area contributed by atoms with Crippen molar-refractivity contribution in [3.8, 4) is 11.1 Å². The van der Waals surface area contributed by atoms with Crippen molar-refractivity contribution >= 4 is 18.0 Å². The number of rotatable bonds is 10. The second kappa shape index (κ2) is 10.9. The van der Waals surface area contributed by atoms with Gasteiger partial charge in [-0.15, -0.1) is 0 Å². The van der Waals surface area contributed by atoms with E-state index < -0.39 is 42.9 Å². The van der Waals surface area contributed by atoms with Gasteiger partial charge in [-0.2, -0.15) is 0 Å². The van der Waals surface area contributed by atoms with Crippen molar-refractivity contribution in [2.45, 2.75) is 50.6 Å². The van der Waals surface area contributed by atoms with Crippen molar-refractivity contribution in [1.29, 1.82) is 0 Å². The normalized spacial score (nSPS) is 14.2. The minimum absolute atomic E-state index is 0.0452. The lowest BCUT2D eigenvalue weighted by Gasteiger charge is -2.21. The molecular formula is C24H26F2N2O5. The largest absolute Gasteiger partial charge is 0.480 e. The van der Waals surface area contributed by atoms with Gasteiger partial charge in [0, 0.05) is 12.3 Å². The van der Waals surface area contributed by atoms with Gasteiger partial charge in [-0.3, -0.25) is 4.79 Å². The molecule has 0 aliphatic heterocycles. The molecule has 1 aliphatic carbocycles. The fraction of sp³-hybridized carbons (Fsp3) is 0.375. The van der Waals surface area contributed by atoms with E-state index in [1.165, 1.54) is 0 Å². The Morgan fingerprint density at radius 2 is 1.55 bits per heavy atom. The molecule has 0 saturated heterocycles. The Balaban J connectivity index is 1.66. The van der Waals surface area contributed by atoms with E-state index in [1.807, 2.05) is 48.5 Å². The molecule has 9 heteroatoms. The molecule has 0 spiro atoms. The molecule has 7 nitrogen and oxygen atoms in total. The summed E-state index contributed by atoms with van der Waals surface area (Å²) in [5.41, 5.74) is 4.04. The molecule has 2 aromatic rings. The summed E-state index contributed by atoms with van der Waals surface area (Å²) in [6, 6.07) is 12.6. The molecule has 176 valence electrons. The zero-order chi connectivity index (χ0) is 24.0. The highest BCUT2D eigenvalue weighted by molar-refractivity contribution is 5.89. The van der Waals surface area contributed by atoms with Crippen molar-refractivity contribution in [3.63, 3.8) is 0 Å². The number of amides is 2. The molecule has 0 heterocycles. The van der Waals surface area contributed by atoms with E-state index in [1.54, 1.807) is 6.92 Å². The summed E-state index contributed by atoms with van der Waals surface area (Å²) in [5, 5.41) is 13.6. The summed E-state index contributed by atoms with van der Waals surface area (Å²) in [7, 11) is 0. The number of ether oxygens (including phenoxy) is 1. The molecule has 0 bridgehead atoms. The summed E-state index contributed by atoms with van der Waals surface area (Å²) in [6.45, 7) is 1.68. The van der Waals surface area contributed by atoms with Crippen LogP contribution in [0.5, 0.6) is 0 Å². The number of carbonyl (C=O) groups excluding carboxylic acids is 2. The number of halogens is 2. The number of benzene rings is 2. The van der Waals surface area contributed by atoms with Gasteiger partial charge in [-0.25, -0.2) is 18.4 Å². The zero-order valence-electron chi connectivity index (χ0n) is 18.1. The van der Waals surface area contributed by atoms with Crippen LogP contribution < -0.4 is 10.6 Å². The third-order valence-corrected chi connectivity index (χ3v) is 5.56. The van der Waals surface area contributed by atoms with Crippen molar-refractivity contribution in [1.82, 2.24) is 10.6 Å². The first-order valence-electron chi connectivity index (χ1n) is 10.7. The highest BCUT2D eigenvalue weighted by Gasteiger charge is 2.31. The van der Waals surface area contributed by atoms with Crippen molar-refractivity contribution in [3.05, 3.63) is 59.7 Å². The second-order valence-electron chi connectivity index (χ2n) is 7.84. The predicted molar refractivity (Wildman–Crippen MR) is 117 cm³/mol. The fourth-order valence-electron chi connectivity index (χ4n) is 4.01. The summed E-state index contributed by atoms with van der Waals surface area (Å²) < 4.78 is 31.3. The average Bonchev–Trinajstić information content (AvgIpc) is 3.10. The maximum Gasteiger partial charge on any atom is 0.407 e. The van der Waals surface area contributed by atoms with Crippen LogP contribution in [0.2, 0.25) is 0 Å². The van der Waals surface area contributed by atoms with Gasteiger partial charge in [0.1, 0.15) is 18.7 Å². The molecule has 3 N–H and O–H groups in total. The van der Waals surface area contributed by atoms with Crippen LogP contribution in [0.1, 0.15) is 43.2 Å². The van der Waals surface area contributed by atoms with E-state index >= 15 is 0 Å². The van der Waals surface area contributed by atoms with Crippen molar-refractivity contribution < 1.29 is 33.0 Å². The molecule has 1 aliphatic rings. The number of alkyl carbamates (subject to hydrolysis) is 1. The molecule has 0 radical (unpaired) electrons. The lowest BCUT2D eigenvalue weighted by Crippen LogP contribution is -2.52. The van der Waals surface area contributed by atoms with Crippen LogP contribution in [-0.4, -0.2) is 48.2 Å². The first-order valence-corrected chi connectivity index (χ1v) is 10.7. The number of aliphatic carboxylic acids is 1. The number of fused-ring (bicyclic) bond motifs is 3. The fourth-order valence-corrected chi connectivity index (χ4v) is 4.01. The Kier molecular flexibility index (Phi) is 7.97. The van der Waals surface area contributed by atoms with Gasteiger partial charge in [0.15, 0.2) is 0 Å². The summed E-state index contributed by atoms with van der Waals surface area (Å²) in [5.74, 6) is -2.50. The molecule has 2 amide bonds. The van der Waals surface area contributed by atoms with Crippen LogP contribution in [0.15, 0.2) is 48.5 Å². The van der Waals surface area contributed by atoms with Gasteiger partial charge < -0.3 is 20.5 Å². The van der Waals surface area contributed by atoms with E-state index in [2.05, 4.69) is 10.6 Å². The van der Waals surface area contributed by atoms with Crippen LogP contribution in [0, 0.1) is 0 Å². The maximum atomic E-state index is 13.0. The van der Waals surface area contributed by atoms with Gasteiger partial charge in [0.05, 0.1) is 0 Å². The van der Waals surface area contributed by atoms with Crippen LogP contribution in [0.4, 0.5) is 13.6 Å². The molecule has 0 saturated carbocycles. The lowest BCUT2D eigenvalue weighted by atomic mass is 9.98. The summed E-state index contributed by atoms with van der Waals surface area (Å²) in [6.07, 6.45) is -4.28. The molecule has 2 unspecified atom stereocenters. The third kappa shape index (κ3) is 5.85. The number of carboxylic acids is 1. The number of hydrogen-bond donors (Lipinski definition) is 3. The zero-order valence-corrected chi connectivity index (χ0v) is 18.1. The van der Waals surface area contributed by atoms with E-state index in [0.29, 0.717) is 6.42 Å². The number of carboxylic acid groups (broad SMARTS) is 1.